The molecule has 0 saturated carbocycles. The van der Waals surface area contributed by atoms with Gasteiger partial charge in [-0.15, -0.1) is 0 Å². The topological polar surface area (TPSA) is 55.6 Å². The quantitative estimate of drug-likeness (QED) is 0.644. The lowest BCUT2D eigenvalue weighted by Gasteiger charge is -2.33. The van der Waals surface area contributed by atoms with Crippen LogP contribution in [-0.4, -0.2) is 26.2 Å². The molecule has 1 aliphatic heterocycles. The van der Waals surface area contributed by atoms with Gasteiger partial charge in [-0.05, 0) is 30.9 Å². The zero-order valence-electron chi connectivity index (χ0n) is 11.0. The summed E-state index contributed by atoms with van der Waals surface area (Å²) in [6, 6.07) is 5.40. The van der Waals surface area contributed by atoms with Crippen molar-refractivity contribution in [2.45, 2.75) is 19.8 Å². The van der Waals surface area contributed by atoms with Crippen LogP contribution in [0.2, 0.25) is 0 Å². The van der Waals surface area contributed by atoms with Crippen LogP contribution in [0.5, 0.6) is 0 Å². The Kier molecular flexibility index (Phi) is 3.75. The number of carbonyl (C=O) groups is 1. The number of rotatable bonds is 2. The highest BCUT2D eigenvalue weighted by molar-refractivity contribution is 5.99. The second-order valence-corrected chi connectivity index (χ2v) is 4.90. The molecule has 1 aliphatic rings. The molecule has 1 aromatic rings. The van der Waals surface area contributed by atoms with E-state index in [1.165, 1.54) is 7.11 Å². The van der Waals surface area contributed by atoms with Crippen LogP contribution < -0.4 is 10.6 Å². The Labute approximate surface area is 108 Å². The first-order valence-electron chi connectivity index (χ1n) is 6.35. The van der Waals surface area contributed by atoms with Gasteiger partial charge in [0, 0.05) is 13.1 Å². The first-order chi connectivity index (χ1) is 8.63. The van der Waals surface area contributed by atoms with E-state index in [1.807, 2.05) is 6.07 Å². The van der Waals surface area contributed by atoms with Crippen LogP contribution in [0.1, 0.15) is 30.1 Å². The first kappa shape index (κ1) is 12.7. The Morgan fingerprint density at radius 2 is 2.06 bits per heavy atom. The minimum Gasteiger partial charge on any atom is -0.465 e. The third-order valence-corrected chi connectivity index (χ3v) is 3.57. The van der Waals surface area contributed by atoms with Gasteiger partial charge in [0.15, 0.2) is 0 Å². The average Bonchev–Trinajstić information content (AvgIpc) is 2.39. The zero-order valence-corrected chi connectivity index (χ0v) is 11.0. The maximum absolute atomic E-state index is 11.8. The van der Waals surface area contributed by atoms with Crippen molar-refractivity contribution in [3.8, 4) is 0 Å². The molecule has 0 radical (unpaired) electrons. The number of para-hydroxylation sites is 1. The number of hydrogen-bond donors (Lipinski definition) is 1. The molecule has 98 valence electrons. The SMILES string of the molecule is COC(=O)c1cccc(N)c1N1CCC(C)CC1. The predicted octanol–water partition coefficient (Wildman–Crippen LogP) is 2.29. The molecular formula is C14H20N2O2. The van der Waals surface area contributed by atoms with E-state index >= 15 is 0 Å². The predicted molar refractivity (Wildman–Crippen MR) is 72.8 cm³/mol. The Bertz CT molecular complexity index is 437. The summed E-state index contributed by atoms with van der Waals surface area (Å²) in [6.45, 7) is 4.14. The normalized spacial score (nSPS) is 16.7. The van der Waals surface area contributed by atoms with Gasteiger partial charge in [0.1, 0.15) is 0 Å². The van der Waals surface area contributed by atoms with Crippen molar-refractivity contribution in [1.29, 1.82) is 0 Å². The van der Waals surface area contributed by atoms with Gasteiger partial charge in [0.2, 0.25) is 0 Å². The fourth-order valence-electron chi connectivity index (χ4n) is 2.42. The molecule has 18 heavy (non-hydrogen) atoms. The minimum atomic E-state index is -0.323. The third kappa shape index (κ3) is 2.42. The fourth-order valence-corrected chi connectivity index (χ4v) is 2.42. The van der Waals surface area contributed by atoms with Crippen molar-refractivity contribution in [2.24, 2.45) is 5.92 Å². The summed E-state index contributed by atoms with van der Waals surface area (Å²) in [5.74, 6) is 0.420. The van der Waals surface area contributed by atoms with E-state index in [0.29, 0.717) is 11.3 Å². The van der Waals surface area contributed by atoms with Gasteiger partial charge in [-0.1, -0.05) is 13.0 Å². The van der Waals surface area contributed by atoms with Gasteiger partial charge in [0.05, 0.1) is 24.0 Å². The van der Waals surface area contributed by atoms with Crippen molar-refractivity contribution < 1.29 is 9.53 Å². The maximum Gasteiger partial charge on any atom is 0.340 e. The Morgan fingerprint density at radius 1 is 1.39 bits per heavy atom. The number of benzene rings is 1. The molecule has 1 heterocycles. The molecule has 2 rings (SSSR count). The number of carbonyl (C=O) groups excluding carboxylic acids is 1. The summed E-state index contributed by atoms with van der Waals surface area (Å²) in [5, 5.41) is 0. The second-order valence-electron chi connectivity index (χ2n) is 4.90. The average molecular weight is 248 g/mol. The van der Waals surface area contributed by atoms with Crippen LogP contribution in [0.3, 0.4) is 0 Å². The Hall–Kier alpha value is -1.71. The number of piperidine rings is 1. The number of nitrogens with two attached hydrogens (primary N) is 1. The van der Waals surface area contributed by atoms with Crippen LogP contribution in [0.25, 0.3) is 0 Å². The number of esters is 1. The van der Waals surface area contributed by atoms with Crippen LogP contribution in [0.4, 0.5) is 11.4 Å². The highest BCUT2D eigenvalue weighted by Gasteiger charge is 2.23. The molecule has 2 N–H and O–H groups in total. The summed E-state index contributed by atoms with van der Waals surface area (Å²) < 4.78 is 4.82. The molecule has 4 nitrogen and oxygen atoms in total. The summed E-state index contributed by atoms with van der Waals surface area (Å²) in [5.41, 5.74) is 8.07. The Morgan fingerprint density at radius 3 is 2.67 bits per heavy atom. The standard InChI is InChI=1S/C14H20N2O2/c1-10-6-8-16(9-7-10)13-11(14(17)18-2)4-3-5-12(13)15/h3-5,10H,6-9,15H2,1-2H3. The fraction of sp³-hybridized carbons (Fsp3) is 0.500. The molecule has 0 aliphatic carbocycles. The summed E-state index contributed by atoms with van der Waals surface area (Å²) in [6.07, 6.45) is 2.27. The molecule has 0 atom stereocenters. The van der Waals surface area contributed by atoms with Crippen LogP contribution in [-0.2, 0) is 4.74 Å². The van der Waals surface area contributed by atoms with E-state index in [2.05, 4.69) is 11.8 Å². The summed E-state index contributed by atoms with van der Waals surface area (Å²) in [4.78, 5) is 14.0. The molecule has 4 heteroatoms. The highest BCUT2D eigenvalue weighted by atomic mass is 16.5. The second kappa shape index (κ2) is 5.29. The molecule has 0 spiro atoms. The van der Waals surface area contributed by atoms with Crippen LogP contribution in [0.15, 0.2) is 18.2 Å². The zero-order chi connectivity index (χ0) is 13.1. The lowest BCUT2D eigenvalue weighted by molar-refractivity contribution is 0.0601. The van der Waals surface area contributed by atoms with E-state index in [1.54, 1.807) is 12.1 Å². The van der Waals surface area contributed by atoms with Crippen molar-refractivity contribution in [3.63, 3.8) is 0 Å². The number of methoxy groups -OCH3 is 1. The van der Waals surface area contributed by atoms with Gasteiger partial charge < -0.3 is 15.4 Å². The van der Waals surface area contributed by atoms with E-state index in [9.17, 15) is 4.79 Å². The minimum absolute atomic E-state index is 0.323. The highest BCUT2D eigenvalue weighted by Crippen LogP contribution is 2.31. The monoisotopic (exact) mass is 248 g/mol. The van der Waals surface area contributed by atoms with Crippen molar-refractivity contribution in [2.75, 3.05) is 30.8 Å². The number of nitrogen functional groups attached to an aromatic ring is 1. The van der Waals surface area contributed by atoms with Gasteiger partial charge in [-0.25, -0.2) is 4.79 Å². The van der Waals surface area contributed by atoms with Crippen LogP contribution in [0, 0.1) is 5.92 Å². The van der Waals surface area contributed by atoms with Gasteiger partial charge in [-0.3, -0.25) is 0 Å². The third-order valence-electron chi connectivity index (χ3n) is 3.57. The molecule has 0 amide bonds. The van der Waals surface area contributed by atoms with E-state index in [-0.39, 0.29) is 5.97 Å². The maximum atomic E-state index is 11.8. The lowest BCUT2D eigenvalue weighted by Crippen LogP contribution is -2.34. The molecule has 0 bridgehead atoms. The van der Waals surface area contributed by atoms with Crippen LogP contribution >= 0.6 is 0 Å². The van der Waals surface area contributed by atoms with E-state index in [4.69, 9.17) is 10.5 Å². The van der Waals surface area contributed by atoms with Crippen molar-refractivity contribution >= 4 is 17.3 Å². The molecule has 1 saturated heterocycles. The van der Waals surface area contributed by atoms with Crippen molar-refractivity contribution in [3.05, 3.63) is 23.8 Å². The number of ether oxygens (including phenoxy) is 1. The number of nitrogens with zero attached hydrogens (tertiary/aromatic N) is 1. The largest absolute Gasteiger partial charge is 0.465 e. The summed E-state index contributed by atoms with van der Waals surface area (Å²) in [7, 11) is 1.40. The van der Waals surface area contributed by atoms with Crippen molar-refractivity contribution in [1.82, 2.24) is 0 Å². The first-order valence-corrected chi connectivity index (χ1v) is 6.35. The molecular weight excluding hydrogens is 228 g/mol. The Balaban J connectivity index is 2.33. The molecule has 1 fully saturated rings. The number of anilines is 2. The number of hydrogen-bond acceptors (Lipinski definition) is 4. The van der Waals surface area contributed by atoms with Gasteiger partial charge >= 0.3 is 5.97 Å². The molecule has 0 unspecified atom stereocenters. The molecule has 1 aromatic carbocycles. The smallest absolute Gasteiger partial charge is 0.340 e. The van der Waals surface area contributed by atoms with E-state index in [0.717, 1.165) is 37.5 Å². The van der Waals surface area contributed by atoms with Gasteiger partial charge in [0.25, 0.3) is 0 Å². The lowest BCUT2D eigenvalue weighted by atomic mass is 9.97. The van der Waals surface area contributed by atoms with Gasteiger partial charge in [-0.2, -0.15) is 0 Å². The molecule has 0 aromatic heterocycles. The van der Waals surface area contributed by atoms with E-state index < -0.39 is 0 Å². The summed E-state index contributed by atoms with van der Waals surface area (Å²) >= 11 is 0.